The summed E-state index contributed by atoms with van der Waals surface area (Å²) < 4.78 is 10.3. The standard InChI is InChI=1S/C17H21ClN2O5S/c1-10-8-13(14(24-3)9-12(10)18)19-16(22)11(2)25-15(21)4-5-20-6-7-26-17(20)23/h8-9,11H,4-7H2,1-3H3,(H,19,22). The van der Waals surface area contributed by atoms with Crippen LogP contribution in [0.25, 0.3) is 0 Å². The Bertz CT molecular complexity index is 713. The maximum Gasteiger partial charge on any atom is 0.308 e. The molecule has 1 aromatic rings. The van der Waals surface area contributed by atoms with Gasteiger partial charge in [-0.1, -0.05) is 23.4 Å². The first-order valence-corrected chi connectivity index (χ1v) is 9.44. The van der Waals surface area contributed by atoms with Crippen molar-refractivity contribution in [1.82, 2.24) is 4.90 Å². The molecule has 1 N–H and O–H groups in total. The molecule has 142 valence electrons. The highest BCUT2D eigenvalue weighted by atomic mass is 35.5. The Morgan fingerprint density at radius 3 is 2.77 bits per heavy atom. The number of ether oxygens (including phenoxy) is 2. The van der Waals surface area contributed by atoms with E-state index in [1.54, 1.807) is 24.0 Å². The van der Waals surface area contributed by atoms with Crippen LogP contribution in [0, 0.1) is 6.92 Å². The van der Waals surface area contributed by atoms with Crippen molar-refractivity contribution >= 4 is 46.2 Å². The fourth-order valence-corrected chi connectivity index (χ4v) is 3.33. The van der Waals surface area contributed by atoms with Gasteiger partial charge in [-0.05, 0) is 25.5 Å². The Kier molecular flexibility index (Phi) is 7.16. The SMILES string of the molecule is COc1cc(Cl)c(C)cc1NC(=O)C(C)OC(=O)CCN1CCSC1=O. The quantitative estimate of drug-likeness (QED) is 0.708. The molecule has 2 amide bonds. The van der Waals surface area contributed by atoms with E-state index in [1.807, 2.05) is 0 Å². The molecule has 1 saturated heterocycles. The summed E-state index contributed by atoms with van der Waals surface area (Å²) in [5, 5.41) is 3.16. The third kappa shape index (κ3) is 5.28. The second-order valence-corrected chi connectivity index (χ2v) is 7.23. The molecule has 1 aliphatic heterocycles. The molecule has 2 rings (SSSR count). The van der Waals surface area contributed by atoms with Crippen LogP contribution in [-0.2, 0) is 14.3 Å². The van der Waals surface area contributed by atoms with Crippen LogP contribution in [0.2, 0.25) is 5.02 Å². The molecule has 0 spiro atoms. The summed E-state index contributed by atoms with van der Waals surface area (Å²) in [4.78, 5) is 37.3. The van der Waals surface area contributed by atoms with Gasteiger partial charge >= 0.3 is 5.97 Å². The van der Waals surface area contributed by atoms with Crippen LogP contribution in [0.4, 0.5) is 10.5 Å². The zero-order valence-corrected chi connectivity index (χ0v) is 16.4. The lowest BCUT2D eigenvalue weighted by Gasteiger charge is -2.17. The lowest BCUT2D eigenvalue weighted by atomic mass is 10.2. The zero-order chi connectivity index (χ0) is 19.3. The first-order valence-electron chi connectivity index (χ1n) is 8.08. The van der Waals surface area contributed by atoms with Crippen molar-refractivity contribution in [2.45, 2.75) is 26.4 Å². The number of halogens is 1. The van der Waals surface area contributed by atoms with Crippen molar-refractivity contribution in [2.75, 3.05) is 31.3 Å². The number of nitrogens with one attached hydrogen (secondary N) is 1. The molecule has 26 heavy (non-hydrogen) atoms. The molecule has 0 saturated carbocycles. The van der Waals surface area contributed by atoms with E-state index in [2.05, 4.69) is 5.32 Å². The second-order valence-electron chi connectivity index (χ2n) is 5.77. The van der Waals surface area contributed by atoms with Crippen molar-refractivity contribution in [2.24, 2.45) is 0 Å². The van der Waals surface area contributed by atoms with Crippen molar-refractivity contribution in [1.29, 1.82) is 0 Å². The topological polar surface area (TPSA) is 84.9 Å². The largest absolute Gasteiger partial charge is 0.495 e. The molecule has 0 aliphatic carbocycles. The first-order chi connectivity index (χ1) is 12.3. The van der Waals surface area contributed by atoms with Gasteiger partial charge in [0.05, 0.1) is 19.2 Å². The van der Waals surface area contributed by atoms with E-state index in [-0.39, 0.29) is 11.7 Å². The Morgan fingerprint density at radius 1 is 1.42 bits per heavy atom. The summed E-state index contributed by atoms with van der Waals surface area (Å²) in [5.41, 5.74) is 1.22. The highest BCUT2D eigenvalue weighted by Crippen LogP contribution is 2.31. The number of esters is 1. The van der Waals surface area contributed by atoms with Gasteiger partial charge in [0.1, 0.15) is 5.75 Å². The maximum atomic E-state index is 12.3. The average molecular weight is 401 g/mol. The predicted molar refractivity (Wildman–Crippen MR) is 101 cm³/mol. The van der Waals surface area contributed by atoms with Gasteiger partial charge in [0.2, 0.25) is 0 Å². The van der Waals surface area contributed by atoms with E-state index in [0.29, 0.717) is 29.5 Å². The second kappa shape index (κ2) is 9.14. The Balaban J connectivity index is 1.88. The molecule has 9 heteroatoms. The lowest BCUT2D eigenvalue weighted by Crippen LogP contribution is -2.32. The zero-order valence-electron chi connectivity index (χ0n) is 14.8. The Morgan fingerprint density at radius 2 is 2.15 bits per heavy atom. The molecule has 0 bridgehead atoms. The third-order valence-electron chi connectivity index (χ3n) is 3.85. The Labute approximate surface area is 161 Å². The van der Waals surface area contributed by atoms with Crippen LogP contribution in [0.15, 0.2) is 12.1 Å². The number of benzene rings is 1. The summed E-state index contributed by atoms with van der Waals surface area (Å²) in [6.07, 6.45) is -0.931. The minimum absolute atomic E-state index is 0.0335. The van der Waals surface area contributed by atoms with Crippen molar-refractivity contribution in [3.05, 3.63) is 22.7 Å². The number of hydrogen-bond donors (Lipinski definition) is 1. The summed E-state index contributed by atoms with van der Waals surface area (Å²) in [6, 6.07) is 3.29. The number of rotatable bonds is 7. The van der Waals surface area contributed by atoms with Crippen LogP contribution in [0.5, 0.6) is 5.75 Å². The third-order valence-corrected chi connectivity index (χ3v) is 5.15. The highest BCUT2D eigenvalue weighted by molar-refractivity contribution is 8.13. The van der Waals surface area contributed by atoms with Crippen molar-refractivity contribution in [3.63, 3.8) is 0 Å². The molecule has 1 fully saturated rings. The molecule has 1 aromatic carbocycles. The molecule has 7 nitrogen and oxygen atoms in total. The normalized spacial score (nSPS) is 14.9. The van der Waals surface area contributed by atoms with E-state index in [1.165, 1.54) is 25.8 Å². The average Bonchev–Trinajstić information content (AvgIpc) is 3.01. The van der Waals surface area contributed by atoms with E-state index in [4.69, 9.17) is 21.1 Å². The van der Waals surface area contributed by atoms with Crippen LogP contribution in [-0.4, -0.2) is 54.1 Å². The van der Waals surface area contributed by atoms with Gasteiger partial charge in [0.25, 0.3) is 11.1 Å². The minimum Gasteiger partial charge on any atom is -0.495 e. The Hall–Kier alpha value is -1.93. The van der Waals surface area contributed by atoms with Gasteiger partial charge in [-0.15, -0.1) is 0 Å². The predicted octanol–water partition coefficient (Wildman–Crippen LogP) is 3.09. The van der Waals surface area contributed by atoms with E-state index in [9.17, 15) is 14.4 Å². The maximum absolute atomic E-state index is 12.3. The summed E-state index contributed by atoms with van der Waals surface area (Å²) >= 11 is 7.27. The molecule has 1 atom stereocenters. The van der Waals surface area contributed by atoms with Crippen LogP contribution >= 0.6 is 23.4 Å². The van der Waals surface area contributed by atoms with Crippen molar-refractivity contribution < 1.29 is 23.9 Å². The van der Waals surface area contributed by atoms with Gasteiger partial charge in [0.15, 0.2) is 6.10 Å². The molecule has 0 aromatic heterocycles. The molecular weight excluding hydrogens is 380 g/mol. The number of thioether (sulfide) groups is 1. The van der Waals surface area contributed by atoms with Crippen LogP contribution in [0.1, 0.15) is 18.9 Å². The minimum atomic E-state index is -0.980. The first kappa shape index (κ1) is 20.4. The molecule has 1 aliphatic rings. The summed E-state index contributed by atoms with van der Waals surface area (Å²) in [6.45, 7) is 4.21. The number of methoxy groups -OCH3 is 1. The van der Waals surface area contributed by atoms with Gasteiger partial charge in [0, 0.05) is 29.9 Å². The molecule has 1 unspecified atom stereocenters. The number of amides is 2. The van der Waals surface area contributed by atoms with Gasteiger partial charge in [-0.2, -0.15) is 0 Å². The van der Waals surface area contributed by atoms with E-state index < -0.39 is 18.0 Å². The fraction of sp³-hybridized carbons (Fsp3) is 0.471. The van der Waals surface area contributed by atoms with Gasteiger partial charge in [-0.25, -0.2) is 0 Å². The van der Waals surface area contributed by atoms with Gasteiger partial charge < -0.3 is 19.7 Å². The summed E-state index contributed by atoms with van der Waals surface area (Å²) in [7, 11) is 1.47. The van der Waals surface area contributed by atoms with Crippen LogP contribution < -0.4 is 10.1 Å². The molecule has 0 radical (unpaired) electrons. The fourth-order valence-electron chi connectivity index (χ4n) is 2.33. The smallest absolute Gasteiger partial charge is 0.308 e. The van der Waals surface area contributed by atoms with E-state index in [0.717, 1.165) is 11.3 Å². The molecular formula is C17H21ClN2O5S. The number of carbonyl (C=O) groups is 3. The van der Waals surface area contributed by atoms with Crippen LogP contribution in [0.3, 0.4) is 0 Å². The van der Waals surface area contributed by atoms with E-state index >= 15 is 0 Å². The summed E-state index contributed by atoms with van der Waals surface area (Å²) in [5.74, 6) is 0.134. The highest BCUT2D eigenvalue weighted by Gasteiger charge is 2.24. The van der Waals surface area contributed by atoms with Gasteiger partial charge in [-0.3, -0.25) is 14.4 Å². The number of nitrogens with zero attached hydrogens (tertiary/aromatic N) is 1. The molecule has 1 heterocycles. The monoisotopic (exact) mass is 400 g/mol. The number of aryl methyl sites for hydroxylation is 1. The number of hydrogen-bond acceptors (Lipinski definition) is 6. The number of carbonyl (C=O) groups excluding carboxylic acids is 3. The lowest BCUT2D eigenvalue weighted by molar-refractivity contribution is -0.153. The number of anilines is 1. The van der Waals surface area contributed by atoms with Crippen molar-refractivity contribution in [3.8, 4) is 5.75 Å².